The predicted molar refractivity (Wildman–Crippen MR) is 73.0 cm³/mol. The molecule has 0 aliphatic carbocycles. The third-order valence-electron chi connectivity index (χ3n) is 3.59. The van der Waals surface area contributed by atoms with E-state index >= 15 is 0 Å². The van der Waals surface area contributed by atoms with Gasteiger partial charge in [-0.3, -0.25) is 4.79 Å². The molecule has 0 amide bonds. The molecular weight excluding hydrogens is 230 g/mol. The van der Waals surface area contributed by atoms with Crippen LogP contribution in [0.5, 0.6) is 0 Å². The first-order valence-electron chi connectivity index (χ1n) is 6.02. The number of hydrogen-bond acceptors (Lipinski definition) is 2. The quantitative estimate of drug-likeness (QED) is 0.595. The number of rotatable bonds is 5. The zero-order valence-electron chi connectivity index (χ0n) is 11.5. The third-order valence-corrected chi connectivity index (χ3v) is 8.12. The van der Waals surface area contributed by atoms with Gasteiger partial charge in [0, 0.05) is 12.7 Å². The first-order valence-corrected chi connectivity index (χ1v) is 8.93. The van der Waals surface area contributed by atoms with Crippen LogP contribution in [0.25, 0.3) is 0 Å². The molecule has 0 aliphatic heterocycles. The number of carbonyl (C=O) groups is 1. The predicted octanol–water partition coefficient (Wildman–Crippen LogP) is 3.32. The maximum Gasteiger partial charge on any atom is 0.192 e. The molecule has 96 valence electrons. The minimum absolute atomic E-state index is 0.233. The van der Waals surface area contributed by atoms with Crippen LogP contribution in [0.3, 0.4) is 0 Å². The third kappa shape index (κ3) is 3.54. The van der Waals surface area contributed by atoms with Gasteiger partial charge in [0.1, 0.15) is 0 Å². The molecule has 0 aliphatic rings. The Kier molecular flexibility index (Phi) is 4.33. The van der Waals surface area contributed by atoms with Gasteiger partial charge in [0.25, 0.3) is 0 Å². The Labute approximate surface area is 105 Å². The smallest absolute Gasteiger partial charge is 0.192 e. The van der Waals surface area contributed by atoms with Crippen molar-refractivity contribution in [2.75, 3.05) is 6.61 Å². The van der Waals surface area contributed by atoms with Gasteiger partial charge in [0.2, 0.25) is 0 Å². The van der Waals surface area contributed by atoms with E-state index in [2.05, 4.69) is 33.9 Å². The Balaban J connectivity index is 2.51. The van der Waals surface area contributed by atoms with Crippen LogP contribution in [0.1, 0.15) is 31.3 Å². The van der Waals surface area contributed by atoms with Gasteiger partial charge in [-0.05, 0) is 30.3 Å². The van der Waals surface area contributed by atoms with Crippen molar-refractivity contribution in [3.8, 4) is 0 Å². The summed E-state index contributed by atoms with van der Waals surface area (Å²) >= 11 is 0. The molecule has 0 bridgehead atoms. The van der Waals surface area contributed by atoms with Crippen LogP contribution >= 0.6 is 0 Å². The van der Waals surface area contributed by atoms with Crippen LogP contribution < -0.4 is 0 Å². The van der Waals surface area contributed by atoms with Crippen molar-refractivity contribution in [3.63, 3.8) is 0 Å². The van der Waals surface area contributed by atoms with Crippen LogP contribution in [0.15, 0.2) is 18.3 Å². The molecular formula is C13H23NO2Si. The van der Waals surface area contributed by atoms with E-state index in [1.165, 1.54) is 0 Å². The largest absolute Gasteiger partial charge is 0.415 e. The van der Waals surface area contributed by atoms with E-state index in [-0.39, 0.29) is 5.04 Å². The highest BCUT2D eigenvalue weighted by molar-refractivity contribution is 6.74. The van der Waals surface area contributed by atoms with Crippen molar-refractivity contribution >= 4 is 14.6 Å². The summed E-state index contributed by atoms with van der Waals surface area (Å²) in [5.74, 6) is 0. The molecule has 0 radical (unpaired) electrons. The van der Waals surface area contributed by atoms with Crippen LogP contribution in [-0.4, -0.2) is 25.8 Å². The van der Waals surface area contributed by atoms with E-state index in [4.69, 9.17) is 4.43 Å². The number of aldehydes is 1. The zero-order valence-corrected chi connectivity index (χ0v) is 12.5. The zero-order chi connectivity index (χ0) is 13.1. The molecule has 0 saturated heterocycles. The molecule has 1 aromatic heterocycles. The van der Waals surface area contributed by atoms with Gasteiger partial charge < -0.3 is 8.99 Å². The van der Waals surface area contributed by atoms with Gasteiger partial charge in [0.05, 0.1) is 12.3 Å². The van der Waals surface area contributed by atoms with Gasteiger partial charge in [-0.1, -0.05) is 20.8 Å². The molecule has 0 N–H and O–H groups in total. The summed E-state index contributed by atoms with van der Waals surface area (Å²) in [6.45, 7) is 12.6. The monoisotopic (exact) mass is 253 g/mol. The van der Waals surface area contributed by atoms with Gasteiger partial charge in [-0.15, -0.1) is 0 Å². The summed E-state index contributed by atoms with van der Waals surface area (Å²) in [7, 11) is -1.67. The molecule has 1 rings (SSSR count). The van der Waals surface area contributed by atoms with Gasteiger partial charge in [0.15, 0.2) is 14.6 Å². The average Bonchev–Trinajstić information content (AvgIpc) is 2.63. The molecule has 3 nitrogen and oxygen atoms in total. The van der Waals surface area contributed by atoms with E-state index < -0.39 is 8.32 Å². The number of hydrogen-bond donors (Lipinski definition) is 0. The normalized spacial score (nSPS) is 12.8. The number of aromatic nitrogens is 1. The van der Waals surface area contributed by atoms with Crippen LogP contribution in [0.2, 0.25) is 18.1 Å². The lowest BCUT2D eigenvalue weighted by atomic mass is 10.2. The van der Waals surface area contributed by atoms with Gasteiger partial charge >= 0.3 is 0 Å². The fourth-order valence-electron chi connectivity index (χ4n) is 1.35. The summed E-state index contributed by atoms with van der Waals surface area (Å²) in [6.07, 6.45) is 2.80. The first kappa shape index (κ1) is 14.2. The second kappa shape index (κ2) is 5.19. The van der Waals surface area contributed by atoms with Crippen molar-refractivity contribution in [3.05, 3.63) is 24.0 Å². The molecule has 0 atom stereocenters. The topological polar surface area (TPSA) is 31.2 Å². The SMILES string of the molecule is CC(C)(C)[Si](C)(C)OCCn1cccc1C=O. The maximum absolute atomic E-state index is 10.8. The van der Waals surface area contributed by atoms with E-state index in [9.17, 15) is 4.79 Å². The lowest BCUT2D eigenvalue weighted by Gasteiger charge is -2.36. The second-order valence-electron chi connectivity index (χ2n) is 5.85. The van der Waals surface area contributed by atoms with E-state index in [1.807, 2.05) is 22.9 Å². The standard InChI is InChI=1S/C13H23NO2Si/c1-13(2,3)17(4,5)16-10-9-14-8-6-7-12(14)11-15/h6-8,11H,9-10H2,1-5H3. The highest BCUT2D eigenvalue weighted by atomic mass is 28.4. The van der Waals surface area contributed by atoms with Crippen LogP contribution in [-0.2, 0) is 11.0 Å². The fraction of sp³-hybridized carbons (Fsp3) is 0.615. The molecule has 0 spiro atoms. The Hall–Kier alpha value is -0.873. The van der Waals surface area contributed by atoms with Crippen molar-refractivity contribution in [1.82, 2.24) is 4.57 Å². The Bertz CT molecular complexity index is 377. The lowest BCUT2D eigenvalue weighted by Crippen LogP contribution is -2.41. The highest BCUT2D eigenvalue weighted by Gasteiger charge is 2.36. The van der Waals surface area contributed by atoms with Crippen LogP contribution in [0, 0.1) is 0 Å². The molecule has 1 aromatic rings. The van der Waals surface area contributed by atoms with Gasteiger partial charge in [-0.2, -0.15) is 0 Å². The molecule has 0 unspecified atom stereocenters. The van der Waals surface area contributed by atoms with Crippen LogP contribution in [0.4, 0.5) is 0 Å². The van der Waals surface area contributed by atoms with E-state index in [1.54, 1.807) is 0 Å². The van der Waals surface area contributed by atoms with E-state index in [0.29, 0.717) is 12.3 Å². The van der Waals surface area contributed by atoms with Crippen molar-refractivity contribution < 1.29 is 9.22 Å². The summed E-state index contributed by atoms with van der Waals surface area (Å²) in [5.41, 5.74) is 0.712. The molecule has 4 heteroatoms. The number of nitrogens with zero attached hydrogens (tertiary/aromatic N) is 1. The fourth-order valence-corrected chi connectivity index (χ4v) is 2.39. The Morgan fingerprint density at radius 2 is 2.06 bits per heavy atom. The molecule has 0 fully saturated rings. The Morgan fingerprint density at radius 1 is 1.41 bits per heavy atom. The molecule has 0 saturated carbocycles. The Morgan fingerprint density at radius 3 is 2.59 bits per heavy atom. The first-order chi connectivity index (χ1) is 7.78. The van der Waals surface area contributed by atoms with Crippen molar-refractivity contribution in [2.24, 2.45) is 0 Å². The number of carbonyl (C=O) groups excluding carboxylic acids is 1. The minimum Gasteiger partial charge on any atom is -0.415 e. The maximum atomic E-state index is 10.8. The second-order valence-corrected chi connectivity index (χ2v) is 10.7. The summed E-state index contributed by atoms with van der Waals surface area (Å²) in [4.78, 5) is 10.8. The summed E-state index contributed by atoms with van der Waals surface area (Å²) in [6, 6.07) is 3.70. The van der Waals surface area contributed by atoms with Crippen molar-refractivity contribution in [1.29, 1.82) is 0 Å². The summed E-state index contributed by atoms with van der Waals surface area (Å²) in [5, 5.41) is 0.233. The van der Waals surface area contributed by atoms with Gasteiger partial charge in [-0.25, -0.2) is 0 Å². The van der Waals surface area contributed by atoms with Crippen molar-refractivity contribution in [2.45, 2.75) is 45.4 Å². The lowest BCUT2D eigenvalue weighted by molar-refractivity contribution is 0.111. The summed E-state index contributed by atoms with van der Waals surface area (Å²) < 4.78 is 8.00. The molecule has 17 heavy (non-hydrogen) atoms. The molecule has 0 aromatic carbocycles. The van der Waals surface area contributed by atoms with E-state index in [0.717, 1.165) is 12.8 Å². The average molecular weight is 253 g/mol. The molecule has 1 heterocycles. The highest BCUT2D eigenvalue weighted by Crippen LogP contribution is 2.36. The minimum atomic E-state index is -1.67.